The number of halogens is 1. The SMILES string of the molecule is COC(=O)CCc1cc(-c2ccc(NC(=O)OC)cc2)nnc1NC(=O)/C=C/c1cc(Cl)ccc1-n1cnnn1. The molecule has 0 unspecified atom stereocenters. The molecule has 0 atom stereocenters. The van der Waals surface area contributed by atoms with Crippen LogP contribution in [0.3, 0.4) is 0 Å². The number of anilines is 2. The smallest absolute Gasteiger partial charge is 0.411 e. The zero-order valence-electron chi connectivity index (χ0n) is 21.4. The number of nitrogens with one attached hydrogen (secondary N) is 2. The molecule has 4 rings (SSSR count). The lowest BCUT2D eigenvalue weighted by Crippen LogP contribution is -2.14. The Balaban J connectivity index is 1.56. The molecular formula is C26H23ClN8O5. The number of carbonyl (C=O) groups excluding carboxylic acids is 3. The molecule has 2 N–H and O–H groups in total. The van der Waals surface area contributed by atoms with Crippen molar-refractivity contribution in [2.45, 2.75) is 12.8 Å². The number of hydrogen-bond acceptors (Lipinski definition) is 10. The molecule has 14 heteroatoms. The Kier molecular flexibility index (Phi) is 9.10. The minimum Gasteiger partial charge on any atom is -0.469 e. The Morgan fingerprint density at radius 2 is 1.80 bits per heavy atom. The second-order valence-corrected chi connectivity index (χ2v) is 8.59. The van der Waals surface area contributed by atoms with Crippen LogP contribution in [0.15, 0.2) is 60.9 Å². The number of carbonyl (C=O) groups is 3. The number of nitrogens with zero attached hydrogens (tertiary/aromatic N) is 6. The summed E-state index contributed by atoms with van der Waals surface area (Å²) in [5, 5.41) is 25.3. The molecule has 2 amide bonds. The Morgan fingerprint density at radius 3 is 2.50 bits per heavy atom. The van der Waals surface area contributed by atoms with E-state index in [0.29, 0.717) is 38.8 Å². The van der Waals surface area contributed by atoms with Gasteiger partial charge in [-0.2, -0.15) is 4.68 Å². The van der Waals surface area contributed by atoms with E-state index in [2.05, 4.69) is 41.1 Å². The first-order chi connectivity index (χ1) is 19.4. The highest BCUT2D eigenvalue weighted by Crippen LogP contribution is 2.24. The monoisotopic (exact) mass is 562 g/mol. The zero-order valence-corrected chi connectivity index (χ0v) is 22.1. The number of hydrogen-bond donors (Lipinski definition) is 2. The summed E-state index contributed by atoms with van der Waals surface area (Å²) in [6.45, 7) is 0. The van der Waals surface area contributed by atoms with Crippen molar-refractivity contribution in [3.63, 3.8) is 0 Å². The molecule has 0 aliphatic heterocycles. The van der Waals surface area contributed by atoms with Gasteiger partial charge in [0.1, 0.15) is 6.33 Å². The third kappa shape index (κ3) is 7.23. The number of amides is 2. The van der Waals surface area contributed by atoms with Crippen LogP contribution in [-0.2, 0) is 25.5 Å². The molecule has 4 aromatic rings. The maximum atomic E-state index is 12.8. The molecule has 40 heavy (non-hydrogen) atoms. The largest absolute Gasteiger partial charge is 0.469 e. The fraction of sp³-hybridized carbons (Fsp3) is 0.154. The lowest BCUT2D eigenvalue weighted by molar-refractivity contribution is -0.140. The fourth-order valence-corrected chi connectivity index (χ4v) is 3.74. The van der Waals surface area contributed by atoms with E-state index in [1.807, 2.05) is 0 Å². The minimum absolute atomic E-state index is 0.0696. The zero-order chi connectivity index (χ0) is 28.5. The number of ether oxygens (including phenoxy) is 2. The molecule has 204 valence electrons. The van der Waals surface area contributed by atoms with Crippen LogP contribution in [0.4, 0.5) is 16.3 Å². The van der Waals surface area contributed by atoms with Gasteiger partial charge in [0.2, 0.25) is 5.91 Å². The van der Waals surface area contributed by atoms with Crippen molar-refractivity contribution in [1.29, 1.82) is 0 Å². The first-order valence-corrected chi connectivity index (χ1v) is 12.1. The molecular weight excluding hydrogens is 540 g/mol. The van der Waals surface area contributed by atoms with Gasteiger partial charge in [-0.1, -0.05) is 23.7 Å². The summed E-state index contributed by atoms with van der Waals surface area (Å²) in [5.74, 6) is -0.704. The van der Waals surface area contributed by atoms with Gasteiger partial charge in [0.25, 0.3) is 0 Å². The highest BCUT2D eigenvalue weighted by molar-refractivity contribution is 6.30. The van der Waals surface area contributed by atoms with Gasteiger partial charge in [-0.3, -0.25) is 14.9 Å². The molecule has 0 aliphatic rings. The quantitative estimate of drug-likeness (QED) is 0.227. The van der Waals surface area contributed by atoms with E-state index < -0.39 is 18.0 Å². The van der Waals surface area contributed by atoms with Crippen LogP contribution in [0, 0.1) is 0 Å². The Bertz CT molecular complexity index is 1540. The van der Waals surface area contributed by atoms with Crippen molar-refractivity contribution in [2.75, 3.05) is 24.9 Å². The molecule has 0 saturated heterocycles. The third-order valence-electron chi connectivity index (χ3n) is 5.55. The van der Waals surface area contributed by atoms with E-state index in [-0.39, 0.29) is 18.7 Å². The van der Waals surface area contributed by atoms with Crippen molar-refractivity contribution in [2.24, 2.45) is 0 Å². The predicted molar refractivity (Wildman–Crippen MR) is 146 cm³/mol. The standard InChI is InChI=1S/C26H23ClN8O5/c1-39-24(37)12-6-18-14-21(16-3-8-20(9-4-16)29-26(38)40-2)31-32-25(18)30-23(36)11-5-17-13-19(27)7-10-22(17)35-15-28-33-34-35/h3-5,7-11,13-15H,6,12H2,1-2H3,(H,29,38)(H,30,32,36)/b11-5+. The highest BCUT2D eigenvalue weighted by Gasteiger charge is 2.14. The number of rotatable bonds is 9. The molecule has 0 radical (unpaired) electrons. The van der Waals surface area contributed by atoms with Crippen LogP contribution in [0.5, 0.6) is 0 Å². The summed E-state index contributed by atoms with van der Waals surface area (Å²) in [6, 6.07) is 13.7. The maximum absolute atomic E-state index is 12.8. The van der Waals surface area contributed by atoms with Crippen LogP contribution in [-0.4, -0.2) is 62.6 Å². The summed E-state index contributed by atoms with van der Waals surface area (Å²) in [4.78, 5) is 36.1. The normalized spacial score (nSPS) is 10.8. The third-order valence-corrected chi connectivity index (χ3v) is 5.79. The average Bonchev–Trinajstić information content (AvgIpc) is 3.50. The Hall–Kier alpha value is -5.17. The molecule has 13 nitrogen and oxygen atoms in total. The number of aryl methyl sites for hydroxylation is 1. The summed E-state index contributed by atoms with van der Waals surface area (Å²) < 4.78 is 10.8. The second-order valence-electron chi connectivity index (χ2n) is 8.15. The first-order valence-electron chi connectivity index (χ1n) is 11.8. The van der Waals surface area contributed by atoms with E-state index in [4.69, 9.17) is 16.3 Å². The maximum Gasteiger partial charge on any atom is 0.411 e. The van der Waals surface area contributed by atoms with E-state index >= 15 is 0 Å². The number of methoxy groups -OCH3 is 2. The van der Waals surface area contributed by atoms with Gasteiger partial charge < -0.3 is 14.8 Å². The molecule has 0 spiro atoms. The lowest BCUT2D eigenvalue weighted by Gasteiger charge is -2.11. The first kappa shape index (κ1) is 27.9. The van der Waals surface area contributed by atoms with Gasteiger partial charge >= 0.3 is 12.1 Å². The van der Waals surface area contributed by atoms with E-state index in [1.54, 1.807) is 54.6 Å². The van der Waals surface area contributed by atoms with Crippen LogP contribution in [0.1, 0.15) is 17.5 Å². The molecule has 2 aromatic heterocycles. The lowest BCUT2D eigenvalue weighted by atomic mass is 10.1. The van der Waals surface area contributed by atoms with E-state index in [0.717, 1.165) is 0 Å². The number of benzene rings is 2. The number of aromatic nitrogens is 6. The van der Waals surface area contributed by atoms with Gasteiger partial charge in [0.15, 0.2) is 5.82 Å². The van der Waals surface area contributed by atoms with Crippen molar-refractivity contribution in [3.8, 4) is 16.9 Å². The second kappa shape index (κ2) is 13.1. The van der Waals surface area contributed by atoms with Crippen molar-refractivity contribution < 1.29 is 23.9 Å². The fourth-order valence-electron chi connectivity index (χ4n) is 3.56. The van der Waals surface area contributed by atoms with Gasteiger partial charge in [0.05, 0.1) is 25.6 Å². The van der Waals surface area contributed by atoms with Crippen molar-refractivity contribution >= 4 is 47.2 Å². The van der Waals surface area contributed by atoms with Crippen molar-refractivity contribution in [3.05, 3.63) is 77.1 Å². The molecule has 0 saturated carbocycles. The Labute approximate surface area is 233 Å². The minimum atomic E-state index is -0.589. The van der Waals surface area contributed by atoms with Crippen LogP contribution < -0.4 is 10.6 Å². The highest BCUT2D eigenvalue weighted by atomic mass is 35.5. The van der Waals surface area contributed by atoms with Crippen LogP contribution in [0.2, 0.25) is 5.02 Å². The summed E-state index contributed by atoms with van der Waals surface area (Å²) in [6.07, 6.45) is 4.03. The molecule has 0 aliphatic carbocycles. The molecule has 2 aromatic carbocycles. The predicted octanol–water partition coefficient (Wildman–Crippen LogP) is 3.71. The van der Waals surface area contributed by atoms with Crippen molar-refractivity contribution in [1.82, 2.24) is 30.4 Å². The van der Waals surface area contributed by atoms with Crippen LogP contribution in [0.25, 0.3) is 23.0 Å². The molecule has 0 fully saturated rings. The van der Waals surface area contributed by atoms with Crippen LogP contribution >= 0.6 is 11.6 Å². The Morgan fingerprint density at radius 1 is 1.00 bits per heavy atom. The summed E-state index contributed by atoms with van der Waals surface area (Å²) in [5.41, 5.74) is 3.54. The summed E-state index contributed by atoms with van der Waals surface area (Å²) >= 11 is 6.14. The summed E-state index contributed by atoms with van der Waals surface area (Å²) in [7, 11) is 2.58. The van der Waals surface area contributed by atoms with Gasteiger partial charge in [0, 0.05) is 34.3 Å². The van der Waals surface area contributed by atoms with Gasteiger partial charge in [-0.25, -0.2) is 4.79 Å². The molecule has 0 bridgehead atoms. The van der Waals surface area contributed by atoms with E-state index in [1.165, 1.54) is 31.3 Å². The average molecular weight is 563 g/mol. The topological polar surface area (TPSA) is 163 Å². The number of tetrazole rings is 1. The molecule has 2 heterocycles. The van der Waals surface area contributed by atoms with Gasteiger partial charge in [-0.05, 0) is 64.9 Å². The number of esters is 1. The van der Waals surface area contributed by atoms with E-state index in [9.17, 15) is 14.4 Å². The van der Waals surface area contributed by atoms with Gasteiger partial charge in [-0.15, -0.1) is 15.3 Å².